The first-order valence-corrected chi connectivity index (χ1v) is 8.74. The van der Waals surface area contributed by atoms with E-state index >= 15 is 0 Å². The van der Waals surface area contributed by atoms with Crippen molar-refractivity contribution in [2.45, 2.75) is 82.2 Å². The molecule has 2 rings (SSSR count). The molecule has 0 bridgehead atoms. The van der Waals surface area contributed by atoms with Crippen molar-refractivity contribution < 1.29 is 0 Å². The molecule has 1 atom stereocenters. The van der Waals surface area contributed by atoms with Gasteiger partial charge in [-0.3, -0.25) is 0 Å². The maximum absolute atomic E-state index is 3.70. The molecule has 2 nitrogen and oxygen atoms in total. The van der Waals surface area contributed by atoms with Gasteiger partial charge in [-0.25, -0.2) is 0 Å². The van der Waals surface area contributed by atoms with Gasteiger partial charge in [0.2, 0.25) is 0 Å². The first kappa shape index (κ1) is 16.0. The number of hydrogen-bond donors (Lipinski definition) is 1. The first-order chi connectivity index (χ1) is 9.70. The van der Waals surface area contributed by atoms with Crippen molar-refractivity contribution in [3.8, 4) is 0 Å². The summed E-state index contributed by atoms with van der Waals surface area (Å²) in [7, 11) is 6.75. The average Bonchev–Trinajstić information content (AvgIpc) is 2.42. The van der Waals surface area contributed by atoms with Crippen LogP contribution in [0.4, 0.5) is 0 Å². The van der Waals surface area contributed by atoms with Gasteiger partial charge in [0, 0.05) is 11.6 Å². The van der Waals surface area contributed by atoms with E-state index in [1.807, 2.05) is 0 Å². The number of likely N-dealkylation sites (N-methyl/N-ethyl adjacent to an activating group) is 2. The van der Waals surface area contributed by atoms with Crippen LogP contribution in [0.15, 0.2) is 11.6 Å². The zero-order valence-corrected chi connectivity index (χ0v) is 13.9. The Balaban J connectivity index is 2.22. The summed E-state index contributed by atoms with van der Waals surface area (Å²) in [6, 6.07) is 0.552. The van der Waals surface area contributed by atoms with Crippen molar-refractivity contribution in [3.63, 3.8) is 0 Å². The molecule has 0 heterocycles. The van der Waals surface area contributed by atoms with E-state index in [0.29, 0.717) is 11.6 Å². The third kappa shape index (κ3) is 3.46. The Morgan fingerprint density at radius 1 is 1.00 bits per heavy atom. The van der Waals surface area contributed by atoms with Gasteiger partial charge in [-0.1, -0.05) is 43.8 Å². The van der Waals surface area contributed by atoms with Gasteiger partial charge >= 0.3 is 0 Å². The van der Waals surface area contributed by atoms with E-state index in [-0.39, 0.29) is 0 Å². The van der Waals surface area contributed by atoms with Crippen LogP contribution in [0.1, 0.15) is 70.6 Å². The maximum Gasteiger partial charge on any atom is 0.0463 e. The number of rotatable bonds is 4. The molecule has 0 aromatic rings. The Morgan fingerprint density at radius 2 is 1.65 bits per heavy atom. The fraction of sp³-hybridized carbons (Fsp3) is 0.889. The Hall–Kier alpha value is -0.340. The van der Waals surface area contributed by atoms with E-state index in [1.165, 1.54) is 70.6 Å². The second-order valence-electron chi connectivity index (χ2n) is 7.01. The highest BCUT2D eigenvalue weighted by molar-refractivity contribution is 5.20. The molecule has 1 N–H and O–H groups in total. The second kappa shape index (κ2) is 7.61. The molecular weight excluding hydrogens is 244 g/mol. The monoisotopic (exact) mass is 278 g/mol. The second-order valence-corrected chi connectivity index (χ2v) is 7.01. The molecule has 1 unspecified atom stereocenters. The predicted octanol–water partition coefficient (Wildman–Crippen LogP) is 4.12. The molecule has 0 radical (unpaired) electrons. The van der Waals surface area contributed by atoms with E-state index in [0.717, 1.165) is 0 Å². The van der Waals surface area contributed by atoms with E-state index in [1.54, 1.807) is 5.57 Å². The molecule has 0 spiro atoms. The summed E-state index contributed by atoms with van der Waals surface area (Å²) in [6.45, 7) is 0. The number of nitrogens with zero attached hydrogens (tertiary/aromatic N) is 1. The van der Waals surface area contributed by atoms with Crippen molar-refractivity contribution in [2.24, 2.45) is 0 Å². The highest BCUT2D eigenvalue weighted by atomic mass is 15.2. The van der Waals surface area contributed by atoms with Gasteiger partial charge in [0.15, 0.2) is 0 Å². The van der Waals surface area contributed by atoms with Crippen molar-refractivity contribution in [2.75, 3.05) is 21.1 Å². The molecule has 0 aliphatic heterocycles. The number of hydrogen-bond acceptors (Lipinski definition) is 2. The van der Waals surface area contributed by atoms with Crippen LogP contribution >= 0.6 is 0 Å². The summed E-state index contributed by atoms with van der Waals surface area (Å²) < 4.78 is 0. The van der Waals surface area contributed by atoms with Gasteiger partial charge in [0.25, 0.3) is 0 Å². The summed E-state index contributed by atoms with van der Waals surface area (Å²) in [5.41, 5.74) is 2.04. The Bertz CT molecular complexity index is 313. The van der Waals surface area contributed by atoms with E-state index in [2.05, 4.69) is 37.4 Å². The third-order valence-corrected chi connectivity index (χ3v) is 5.63. The minimum Gasteiger partial charge on any atom is -0.312 e. The van der Waals surface area contributed by atoms with E-state index < -0.39 is 0 Å². The lowest BCUT2D eigenvalue weighted by Gasteiger charge is -2.49. The van der Waals surface area contributed by atoms with E-state index in [4.69, 9.17) is 0 Å². The summed E-state index contributed by atoms with van der Waals surface area (Å²) in [5.74, 6) is 0. The zero-order valence-electron chi connectivity index (χ0n) is 13.9. The molecule has 0 aromatic heterocycles. The summed E-state index contributed by atoms with van der Waals surface area (Å²) in [5, 5.41) is 3.70. The van der Waals surface area contributed by atoms with Crippen molar-refractivity contribution in [1.29, 1.82) is 0 Å². The molecule has 0 aromatic carbocycles. The minimum absolute atomic E-state index is 0.345. The number of nitrogens with one attached hydrogen (secondary N) is 1. The predicted molar refractivity (Wildman–Crippen MR) is 88.1 cm³/mol. The highest BCUT2D eigenvalue weighted by Crippen LogP contribution is 2.39. The maximum atomic E-state index is 3.70. The Morgan fingerprint density at radius 3 is 2.30 bits per heavy atom. The summed E-state index contributed by atoms with van der Waals surface area (Å²) in [6.07, 6.45) is 17.7. The van der Waals surface area contributed by atoms with Crippen LogP contribution in [-0.4, -0.2) is 37.6 Å². The largest absolute Gasteiger partial charge is 0.312 e. The molecule has 0 saturated heterocycles. The normalized spacial score (nSPS) is 25.7. The van der Waals surface area contributed by atoms with Crippen molar-refractivity contribution >= 4 is 0 Å². The molecule has 1 fully saturated rings. The lowest BCUT2D eigenvalue weighted by molar-refractivity contribution is 0.0710. The first-order valence-electron chi connectivity index (χ1n) is 8.74. The molecule has 2 heteroatoms. The standard InChI is InChI=1S/C18H34N2/c1-19-17(16-12-8-5-4-6-9-13-16)18(20(2)3)14-10-7-11-15-18/h12,17,19H,4-11,13-15H2,1-3H3. The van der Waals surface area contributed by atoms with Gasteiger partial charge in [0.05, 0.1) is 0 Å². The van der Waals surface area contributed by atoms with Crippen LogP contribution in [0.25, 0.3) is 0 Å². The SMILES string of the molecule is CNC(C1=CCCCCCC1)C1(N(C)C)CCCCC1. The fourth-order valence-electron chi connectivity index (χ4n) is 4.44. The topological polar surface area (TPSA) is 15.3 Å². The number of allylic oxidation sites excluding steroid dienone is 1. The van der Waals surface area contributed by atoms with Crippen LogP contribution in [0.2, 0.25) is 0 Å². The summed E-state index contributed by atoms with van der Waals surface area (Å²) >= 11 is 0. The Labute approximate surface area is 126 Å². The third-order valence-electron chi connectivity index (χ3n) is 5.63. The molecule has 1 saturated carbocycles. The van der Waals surface area contributed by atoms with Gasteiger partial charge < -0.3 is 10.2 Å². The van der Waals surface area contributed by atoms with Crippen LogP contribution in [0, 0.1) is 0 Å². The van der Waals surface area contributed by atoms with Crippen LogP contribution < -0.4 is 5.32 Å². The molecule has 2 aliphatic carbocycles. The average molecular weight is 278 g/mol. The van der Waals surface area contributed by atoms with Crippen LogP contribution in [0.5, 0.6) is 0 Å². The van der Waals surface area contributed by atoms with Crippen molar-refractivity contribution in [3.05, 3.63) is 11.6 Å². The minimum atomic E-state index is 0.345. The Kier molecular flexibility index (Phi) is 6.10. The van der Waals surface area contributed by atoms with Gasteiger partial charge in [-0.05, 0) is 59.7 Å². The molecule has 2 aliphatic rings. The van der Waals surface area contributed by atoms with Crippen LogP contribution in [-0.2, 0) is 0 Å². The lowest BCUT2D eigenvalue weighted by atomic mass is 9.71. The zero-order chi connectivity index (χ0) is 14.4. The van der Waals surface area contributed by atoms with Crippen LogP contribution in [0.3, 0.4) is 0 Å². The highest BCUT2D eigenvalue weighted by Gasteiger charge is 2.42. The molecular formula is C18H34N2. The van der Waals surface area contributed by atoms with Gasteiger partial charge in [-0.2, -0.15) is 0 Å². The fourth-order valence-corrected chi connectivity index (χ4v) is 4.44. The van der Waals surface area contributed by atoms with Crippen molar-refractivity contribution in [1.82, 2.24) is 10.2 Å². The molecule has 116 valence electrons. The molecule has 0 amide bonds. The van der Waals surface area contributed by atoms with Gasteiger partial charge in [0.1, 0.15) is 0 Å². The molecule has 20 heavy (non-hydrogen) atoms. The lowest BCUT2D eigenvalue weighted by Crippen LogP contribution is -2.60. The summed E-state index contributed by atoms with van der Waals surface area (Å²) in [4.78, 5) is 2.52. The van der Waals surface area contributed by atoms with Gasteiger partial charge in [-0.15, -0.1) is 0 Å². The quantitative estimate of drug-likeness (QED) is 0.778. The van der Waals surface area contributed by atoms with E-state index in [9.17, 15) is 0 Å². The smallest absolute Gasteiger partial charge is 0.0463 e.